The van der Waals surface area contributed by atoms with Crippen molar-refractivity contribution < 1.29 is 27.9 Å². The molecule has 1 aromatic heterocycles. The first-order valence-electron chi connectivity index (χ1n) is 9.47. The maximum Gasteiger partial charge on any atom is 0.275 e. The molecular weight excluding hydrogens is 403 g/mol. The fraction of sp³-hybridized carbons (Fsp3) is 0.350. The van der Waals surface area contributed by atoms with Crippen molar-refractivity contribution in [2.45, 2.75) is 38.0 Å². The highest BCUT2D eigenvalue weighted by Gasteiger charge is 2.55. The third kappa shape index (κ3) is 2.55. The number of carbonyl (C=O) groups excluding carboxylic acids is 2. The van der Waals surface area contributed by atoms with Crippen LogP contribution in [-0.4, -0.2) is 38.5 Å². The number of halogens is 3. The minimum atomic E-state index is -1.18. The van der Waals surface area contributed by atoms with Gasteiger partial charge in [0.1, 0.15) is 23.0 Å². The van der Waals surface area contributed by atoms with Crippen LogP contribution in [0.2, 0.25) is 0 Å². The molecule has 2 aromatic rings. The molecule has 2 bridgehead atoms. The second-order valence-electron chi connectivity index (χ2n) is 7.92. The van der Waals surface area contributed by atoms with Crippen LogP contribution in [0, 0.1) is 23.4 Å². The molecule has 1 aromatic carbocycles. The number of nitrogens with zero attached hydrogens (tertiary/aromatic N) is 2. The molecule has 7 nitrogen and oxygen atoms in total. The summed E-state index contributed by atoms with van der Waals surface area (Å²) in [4.78, 5) is 39.5. The quantitative estimate of drug-likeness (QED) is 0.789. The van der Waals surface area contributed by atoms with E-state index in [0.717, 1.165) is 12.8 Å². The van der Waals surface area contributed by atoms with E-state index in [2.05, 4.69) is 5.32 Å². The Morgan fingerprint density at radius 2 is 1.83 bits per heavy atom. The molecule has 1 aliphatic carbocycles. The molecule has 1 saturated carbocycles. The Morgan fingerprint density at radius 3 is 2.50 bits per heavy atom. The van der Waals surface area contributed by atoms with Gasteiger partial charge >= 0.3 is 0 Å². The molecule has 1 atom stereocenters. The minimum absolute atomic E-state index is 0.0461. The largest absolute Gasteiger partial charge is 0.503 e. The zero-order valence-corrected chi connectivity index (χ0v) is 15.5. The number of fused-ring (bicyclic) bond motifs is 1. The highest BCUT2D eigenvalue weighted by molar-refractivity contribution is 5.99. The maximum absolute atomic E-state index is 13.8. The second kappa shape index (κ2) is 6.35. The van der Waals surface area contributed by atoms with Crippen molar-refractivity contribution in [3.05, 3.63) is 62.8 Å². The van der Waals surface area contributed by atoms with Crippen LogP contribution >= 0.6 is 0 Å². The number of carbonyl (C=O) groups is 2. The van der Waals surface area contributed by atoms with Crippen LogP contribution in [-0.2, 0) is 13.1 Å². The average Bonchev–Trinajstić information content (AvgIpc) is 3.18. The summed E-state index contributed by atoms with van der Waals surface area (Å²) in [6, 6.07) is 1.04. The summed E-state index contributed by atoms with van der Waals surface area (Å²) in [6.45, 7) is -0.282. The molecule has 1 unspecified atom stereocenters. The van der Waals surface area contributed by atoms with Gasteiger partial charge < -0.3 is 19.9 Å². The molecule has 3 fully saturated rings. The monoisotopic (exact) mass is 419 g/mol. The van der Waals surface area contributed by atoms with Crippen molar-refractivity contribution in [3.8, 4) is 5.75 Å². The molecule has 2 amide bonds. The lowest BCUT2D eigenvalue weighted by Gasteiger charge is -2.33. The molecule has 0 spiro atoms. The van der Waals surface area contributed by atoms with Crippen LogP contribution < -0.4 is 10.7 Å². The van der Waals surface area contributed by atoms with Gasteiger partial charge in [-0.1, -0.05) is 0 Å². The van der Waals surface area contributed by atoms with Crippen molar-refractivity contribution in [1.29, 1.82) is 0 Å². The number of amides is 2. The van der Waals surface area contributed by atoms with E-state index in [4.69, 9.17) is 0 Å². The van der Waals surface area contributed by atoms with Crippen LogP contribution in [0.4, 0.5) is 13.2 Å². The van der Waals surface area contributed by atoms with E-state index in [1.54, 1.807) is 4.90 Å². The van der Waals surface area contributed by atoms with Crippen LogP contribution in [0.1, 0.15) is 39.3 Å². The average molecular weight is 419 g/mol. The van der Waals surface area contributed by atoms with Crippen LogP contribution in [0.15, 0.2) is 23.1 Å². The normalized spacial score (nSPS) is 23.6. The molecule has 0 radical (unpaired) electrons. The SMILES string of the molecule is O=C(NCc1c(F)cc(F)cc1F)c1cn2c(c(O)c1=O)C(=O)N1C3CC(C3)C1C2. The second-order valence-corrected chi connectivity index (χ2v) is 7.92. The van der Waals surface area contributed by atoms with Gasteiger partial charge in [-0.2, -0.15) is 0 Å². The highest BCUT2D eigenvalue weighted by atomic mass is 19.1. The Kier molecular flexibility index (Phi) is 3.96. The van der Waals surface area contributed by atoms with Crippen molar-refractivity contribution in [1.82, 2.24) is 14.8 Å². The Bertz CT molecular complexity index is 1150. The Labute approximate surface area is 167 Å². The molecule has 3 aliphatic heterocycles. The number of hydrogen-bond acceptors (Lipinski definition) is 4. The Hall–Kier alpha value is -3.30. The molecule has 6 rings (SSSR count). The number of aromatic nitrogens is 1. The van der Waals surface area contributed by atoms with Gasteiger partial charge in [0.05, 0.1) is 6.04 Å². The minimum Gasteiger partial charge on any atom is -0.503 e. The van der Waals surface area contributed by atoms with Gasteiger partial charge in [-0.25, -0.2) is 13.2 Å². The smallest absolute Gasteiger partial charge is 0.275 e. The molecule has 4 aliphatic rings. The standard InChI is InChI=1S/C20H16F3N3O4/c21-9-3-13(22)11(14(23)4-9)5-24-19(29)12-6-25-7-15-8-1-10(2-8)26(15)20(30)16(25)18(28)17(12)27/h3-4,6,8,10,15,28H,1-2,5,7H2,(H,24,29). The van der Waals surface area contributed by atoms with Gasteiger partial charge in [-0.3, -0.25) is 14.4 Å². The number of hydrogen-bond donors (Lipinski definition) is 2. The lowest BCUT2D eigenvalue weighted by atomic mass is 9.83. The summed E-state index contributed by atoms with van der Waals surface area (Å²) in [6.07, 6.45) is 2.96. The van der Waals surface area contributed by atoms with E-state index in [1.165, 1.54) is 10.8 Å². The molecule has 10 heteroatoms. The van der Waals surface area contributed by atoms with Gasteiger partial charge in [-0.15, -0.1) is 0 Å². The van der Waals surface area contributed by atoms with Gasteiger partial charge in [0.2, 0.25) is 5.43 Å². The summed E-state index contributed by atoms with van der Waals surface area (Å²) < 4.78 is 41.9. The van der Waals surface area contributed by atoms with Gasteiger partial charge in [0.25, 0.3) is 11.8 Å². The van der Waals surface area contributed by atoms with E-state index in [0.29, 0.717) is 24.6 Å². The zero-order chi connectivity index (χ0) is 21.3. The molecule has 156 valence electrons. The van der Waals surface area contributed by atoms with E-state index < -0.39 is 58.1 Å². The van der Waals surface area contributed by atoms with Crippen molar-refractivity contribution in [2.75, 3.05) is 0 Å². The first kappa shape index (κ1) is 18.7. The summed E-state index contributed by atoms with van der Waals surface area (Å²) in [5, 5.41) is 12.5. The highest BCUT2D eigenvalue weighted by Crippen LogP contribution is 2.49. The Balaban J connectivity index is 1.44. The fourth-order valence-electron chi connectivity index (χ4n) is 4.73. The molecule has 2 saturated heterocycles. The molecular formula is C20H16F3N3O4. The maximum atomic E-state index is 13.8. The molecule has 2 N–H and O–H groups in total. The van der Waals surface area contributed by atoms with Crippen LogP contribution in [0.25, 0.3) is 0 Å². The molecule has 4 heterocycles. The van der Waals surface area contributed by atoms with Crippen molar-refractivity contribution in [3.63, 3.8) is 0 Å². The predicted molar refractivity (Wildman–Crippen MR) is 96.3 cm³/mol. The van der Waals surface area contributed by atoms with E-state index in [1.807, 2.05) is 0 Å². The van der Waals surface area contributed by atoms with E-state index >= 15 is 0 Å². The Morgan fingerprint density at radius 1 is 1.17 bits per heavy atom. The van der Waals surface area contributed by atoms with Gasteiger partial charge in [-0.05, 0) is 18.8 Å². The van der Waals surface area contributed by atoms with Gasteiger partial charge in [0.15, 0.2) is 11.4 Å². The third-order valence-electron chi connectivity index (χ3n) is 6.30. The zero-order valence-electron chi connectivity index (χ0n) is 15.5. The number of nitrogens with one attached hydrogen (secondary N) is 1. The first-order valence-corrected chi connectivity index (χ1v) is 9.47. The summed E-state index contributed by atoms with van der Waals surface area (Å²) in [5.74, 6) is -5.33. The number of pyridine rings is 1. The van der Waals surface area contributed by atoms with Crippen molar-refractivity contribution >= 4 is 11.8 Å². The number of rotatable bonds is 3. The lowest BCUT2D eigenvalue weighted by Crippen LogP contribution is -2.46. The van der Waals surface area contributed by atoms with Gasteiger partial charge in [0, 0.05) is 43.0 Å². The summed E-state index contributed by atoms with van der Waals surface area (Å²) in [5.41, 5.74) is -2.22. The van der Waals surface area contributed by atoms with E-state index in [-0.39, 0.29) is 17.8 Å². The lowest BCUT2D eigenvalue weighted by molar-refractivity contribution is 0.0632. The number of benzene rings is 1. The van der Waals surface area contributed by atoms with E-state index in [9.17, 15) is 32.7 Å². The third-order valence-corrected chi connectivity index (χ3v) is 6.30. The van der Waals surface area contributed by atoms with Crippen molar-refractivity contribution in [2.24, 2.45) is 5.92 Å². The first-order chi connectivity index (χ1) is 14.3. The number of aromatic hydroxyl groups is 1. The molecule has 30 heavy (non-hydrogen) atoms. The summed E-state index contributed by atoms with van der Waals surface area (Å²) >= 11 is 0. The summed E-state index contributed by atoms with van der Waals surface area (Å²) in [7, 11) is 0. The predicted octanol–water partition coefficient (Wildman–Crippen LogP) is 1.52. The van der Waals surface area contributed by atoms with Crippen LogP contribution in [0.5, 0.6) is 5.75 Å². The topological polar surface area (TPSA) is 91.6 Å². The van der Waals surface area contributed by atoms with Crippen LogP contribution in [0.3, 0.4) is 0 Å². The fourth-order valence-corrected chi connectivity index (χ4v) is 4.73.